The number of amides is 4. The fourth-order valence-corrected chi connectivity index (χ4v) is 4.73. The van der Waals surface area contributed by atoms with Crippen molar-refractivity contribution in [3.05, 3.63) is 27.4 Å². The summed E-state index contributed by atoms with van der Waals surface area (Å²) in [7, 11) is 0. The summed E-state index contributed by atoms with van der Waals surface area (Å²) in [5, 5.41) is 2.48. The van der Waals surface area contributed by atoms with E-state index in [0.29, 0.717) is 31.5 Å². The maximum absolute atomic E-state index is 12.7. The van der Waals surface area contributed by atoms with Crippen LogP contribution in [0.4, 0.5) is 4.79 Å². The number of nitrogens with one attached hydrogen (secondary N) is 1. The van der Waals surface area contributed by atoms with Crippen LogP contribution in [-0.4, -0.2) is 63.4 Å². The van der Waals surface area contributed by atoms with Crippen molar-refractivity contribution >= 4 is 17.8 Å². The lowest BCUT2D eigenvalue weighted by atomic mass is 9.91. The van der Waals surface area contributed by atoms with Crippen LogP contribution >= 0.6 is 0 Å². The van der Waals surface area contributed by atoms with E-state index in [9.17, 15) is 19.2 Å². The first kappa shape index (κ1) is 19.6. The van der Waals surface area contributed by atoms with Crippen LogP contribution in [-0.2, 0) is 22.6 Å². The van der Waals surface area contributed by atoms with Gasteiger partial charge in [-0.15, -0.1) is 0 Å². The molecule has 0 saturated carbocycles. The number of urea groups is 1. The molecule has 9 heteroatoms. The zero-order chi connectivity index (χ0) is 20.5. The maximum Gasteiger partial charge on any atom is 0.324 e. The number of carbonyl (C=O) groups excluding carboxylic acids is 3. The Morgan fingerprint density at radius 2 is 2.03 bits per heavy atom. The number of aromatic nitrogens is 2. The van der Waals surface area contributed by atoms with Gasteiger partial charge in [0.15, 0.2) is 0 Å². The van der Waals surface area contributed by atoms with Gasteiger partial charge >= 0.3 is 6.03 Å². The van der Waals surface area contributed by atoms with Crippen molar-refractivity contribution in [2.24, 2.45) is 0 Å². The van der Waals surface area contributed by atoms with Crippen LogP contribution in [0.25, 0.3) is 0 Å². The third-order valence-corrected chi connectivity index (χ3v) is 6.19. The van der Waals surface area contributed by atoms with E-state index in [4.69, 9.17) is 0 Å². The molecular weight excluding hydrogens is 374 g/mol. The third kappa shape index (κ3) is 3.77. The number of hydrogen-bond donors (Lipinski definition) is 1. The summed E-state index contributed by atoms with van der Waals surface area (Å²) in [6.07, 6.45) is 4.45. The predicted octanol–water partition coefficient (Wildman–Crippen LogP) is 0.536. The second kappa shape index (κ2) is 7.96. The third-order valence-electron chi connectivity index (χ3n) is 6.19. The van der Waals surface area contributed by atoms with Crippen molar-refractivity contribution in [1.82, 2.24) is 24.7 Å². The van der Waals surface area contributed by atoms with Gasteiger partial charge in [0.25, 0.3) is 5.56 Å². The standard InChI is InChI=1S/C20H27N5O4/c1-13-18(24-9-3-6-15(24)22-19(13)28)14-5-2-8-23(12-14)16(26)7-4-10-25-17(27)11-21-20(25)29/h14H,2-12H2,1H3,(H,21,29)/t14-/m1/s1. The largest absolute Gasteiger partial charge is 0.342 e. The molecule has 0 radical (unpaired) electrons. The number of rotatable bonds is 5. The van der Waals surface area contributed by atoms with E-state index < -0.39 is 0 Å². The minimum atomic E-state index is -0.382. The molecule has 1 atom stereocenters. The van der Waals surface area contributed by atoms with Crippen molar-refractivity contribution in [3.63, 3.8) is 0 Å². The van der Waals surface area contributed by atoms with Gasteiger partial charge in [-0.2, -0.15) is 4.98 Å². The van der Waals surface area contributed by atoms with E-state index in [-0.39, 0.29) is 42.4 Å². The summed E-state index contributed by atoms with van der Waals surface area (Å²) < 4.78 is 2.19. The average molecular weight is 401 g/mol. The number of hydrogen-bond acceptors (Lipinski definition) is 5. The summed E-state index contributed by atoms with van der Waals surface area (Å²) in [6, 6.07) is -0.382. The Balaban J connectivity index is 1.40. The van der Waals surface area contributed by atoms with Crippen molar-refractivity contribution in [2.45, 2.75) is 57.9 Å². The highest BCUT2D eigenvalue weighted by Gasteiger charge is 2.31. The first-order chi connectivity index (χ1) is 14.0. The highest BCUT2D eigenvalue weighted by molar-refractivity contribution is 6.01. The molecule has 4 amide bonds. The molecule has 9 nitrogen and oxygen atoms in total. The molecule has 2 saturated heterocycles. The van der Waals surface area contributed by atoms with E-state index in [1.807, 2.05) is 11.8 Å². The van der Waals surface area contributed by atoms with Gasteiger partial charge in [-0.1, -0.05) is 0 Å². The second-order valence-corrected chi connectivity index (χ2v) is 8.09. The molecule has 0 aromatic carbocycles. The molecule has 1 N–H and O–H groups in total. The molecule has 0 bridgehead atoms. The fraction of sp³-hybridized carbons (Fsp3) is 0.650. The molecule has 1 aromatic rings. The smallest absolute Gasteiger partial charge is 0.324 e. The average Bonchev–Trinajstić information content (AvgIpc) is 3.29. The van der Waals surface area contributed by atoms with Crippen LogP contribution in [0.5, 0.6) is 0 Å². The minimum absolute atomic E-state index is 0.0373. The Morgan fingerprint density at radius 3 is 2.79 bits per heavy atom. The fourth-order valence-electron chi connectivity index (χ4n) is 4.73. The number of piperidine rings is 1. The van der Waals surface area contributed by atoms with Crippen LogP contribution < -0.4 is 10.9 Å². The Morgan fingerprint density at radius 1 is 1.21 bits per heavy atom. The van der Waals surface area contributed by atoms with Crippen molar-refractivity contribution < 1.29 is 14.4 Å². The van der Waals surface area contributed by atoms with Gasteiger partial charge in [-0.25, -0.2) is 4.79 Å². The van der Waals surface area contributed by atoms with Gasteiger partial charge in [-0.05, 0) is 32.6 Å². The molecule has 4 heterocycles. The maximum atomic E-state index is 12.7. The minimum Gasteiger partial charge on any atom is -0.342 e. The Bertz CT molecular complexity index is 893. The van der Waals surface area contributed by atoms with Gasteiger partial charge in [0, 0.05) is 56.2 Å². The van der Waals surface area contributed by atoms with Gasteiger partial charge in [0.1, 0.15) is 5.82 Å². The molecular formula is C20H27N5O4. The topological polar surface area (TPSA) is 105 Å². The zero-order valence-electron chi connectivity index (χ0n) is 16.8. The molecule has 1 aromatic heterocycles. The van der Waals surface area contributed by atoms with Crippen LogP contribution in [0.1, 0.15) is 55.1 Å². The van der Waals surface area contributed by atoms with E-state index in [1.54, 1.807) is 0 Å². The van der Waals surface area contributed by atoms with E-state index in [0.717, 1.165) is 43.7 Å². The predicted molar refractivity (Wildman–Crippen MR) is 104 cm³/mol. The van der Waals surface area contributed by atoms with E-state index in [1.165, 1.54) is 4.90 Å². The summed E-state index contributed by atoms with van der Waals surface area (Å²) in [4.78, 5) is 55.5. The first-order valence-electron chi connectivity index (χ1n) is 10.4. The van der Waals surface area contributed by atoms with E-state index >= 15 is 0 Å². The lowest BCUT2D eigenvalue weighted by Crippen LogP contribution is -2.41. The molecule has 156 valence electrons. The molecule has 3 aliphatic rings. The van der Waals surface area contributed by atoms with Crippen LogP contribution in [0.2, 0.25) is 0 Å². The van der Waals surface area contributed by atoms with Crippen molar-refractivity contribution in [3.8, 4) is 0 Å². The summed E-state index contributed by atoms with van der Waals surface area (Å²) in [6.45, 7) is 4.34. The summed E-state index contributed by atoms with van der Waals surface area (Å²) in [5.74, 6) is 0.809. The normalized spacial score (nSPS) is 21.5. The van der Waals surface area contributed by atoms with Gasteiger partial charge < -0.3 is 14.8 Å². The van der Waals surface area contributed by atoms with Gasteiger partial charge in [0.05, 0.1) is 6.54 Å². The Kier molecular flexibility index (Phi) is 5.38. The lowest BCUT2D eigenvalue weighted by Gasteiger charge is -2.34. The number of likely N-dealkylation sites (tertiary alicyclic amines) is 1. The van der Waals surface area contributed by atoms with Crippen LogP contribution in [0, 0.1) is 6.92 Å². The molecule has 3 aliphatic heterocycles. The van der Waals surface area contributed by atoms with Crippen LogP contribution in [0.3, 0.4) is 0 Å². The SMILES string of the molecule is Cc1c([C@@H]2CCCN(C(=O)CCCN3C(=O)CNC3=O)C2)n2c(nc1=O)CCC2. The molecule has 4 rings (SSSR count). The summed E-state index contributed by atoms with van der Waals surface area (Å²) in [5.41, 5.74) is 1.60. The number of fused-ring (bicyclic) bond motifs is 1. The molecule has 0 unspecified atom stereocenters. The van der Waals surface area contributed by atoms with Gasteiger partial charge in [0.2, 0.25) is 11.8 Å². The molecule has 29 heavy (non-hydrogen) atoms. The number of nitrogens with zero attached hydrogens (tertiary/aromatic N) is 4. The highest BCUT2D eigenvalue weighted by atomic mass is 16.2. The number of aryl methyl sites for hydroxylation is 1. The summed E-state index contributed by atoms with van der Waals surface area (Å²) >= 11 is 0. The van der Waals surface area contributed by atoms with Crippen molar-refractivity contribution in [2.75, 3.05) is 26.2 Å². The van der Waals surface area contributed by atoms with Crippen molar-refractivity contribution in [1.29, 1.82) is 0 Å². The second-order valence-electron chi connectivity index (χ2n) is 8.09. The molecule has 0 spiro atoms. The first-order valence-corrected chi connectivity index (χ1v) is 10.4. The highest BCUT2D eigenvalue weighted by Crippen LogP contribution is 2.30. The zero-order valence-corrected chi connectivity index (χ0v) is 16.8. The molecule has 2 fully saturated rings. The van der Waals surface area contributed by atoms with Crippen LogP contribution in [0.15, 0.2) is 4.79 Å². The Hall–Kier alpha value is -2.71. The lowest BCUT2D eigenvalue weighted by molar-refractivity contribution is -0.133. The molecule has 0 aliphatic carbocycles. The monoisotopic (exact) mass is 401 g/mol. The van der Waals surface area contributed by atoms with Gasteiger partial charge in [-0.3, -0.25) is 19.3 Å². The quantitative estimate of drug-likeness (QED) is 0.725. The number of imide groups is 1. The Labute approximate surface area is 169 Å². The number of carbonyl (C=O) groups is 3. The van der Waals surface area contributed by atoms with E-state index in [2.05, 4.69) is 14.9 Å².